The van der Waals surface area contributed by atoms with Crippen molar-refractivity contribution >= 4 is 11.9 Å². The van der Waals surface area contributed by atoms with Gasteiger partial charge < -0.3 is 15.0 Å². The molecule has 1 aromatic carbocycles. The van der Waals surface area contributed by atoms with Gasteiger partial charge in [0.05, 0.1) is 0 Å². The van der Waals surface area contributed by atoms with E-state index in [2.05, 4.69) is 33.4 Å². The molecular weight excluding hydrogens is 338 g/mol. The fraction of sp³-hybridized carbons (Fsp3) is 0.455. The molecule has 1 aliphatic heterocycles. The van der Waals surface area contributed by atoms with E-state index in [0.717, 1.165) is 44.6 Å². The highest BCUT2D eigenvalue weighted by Gasteiger charge is 2.41. The number of pyridine rings is 1. The van der Waals surface area contributed by atoms with E-state index in [-0.39, 0.29) is 12.2 Å². The fourth-order valence-electron chi connectivity index (χ4n) is 3.90. The Morgan fingerprint density at radius 1 is 1.11 bits per heavy atom. The Morgan fingerprint density at radius 2 is 1.89 bits per heavy atom. The van der Waals surface area contributed by atoms with E-state index < -0.39 is 0 Å². The Morgan fingerprint density at radius 3 is 2.63 bits per heavy atom. The summed E-state index contributed by atoms with van der Waals surface area (Å²) >= 11 is 0. The first-order valence-corrected chi connectivity index (χ1v) is 9.95. The average Bonchev–Trinajstić information content (AvgIpc) is 3.49. The molecule has 1 saturated carbocycles. The van der Waals surface area contributed by atoms with Gasteiger partial charge in [-0.3, -0.25) is 0 Å². The van der Waals surface area contributed by atoms with Crippen LogP contribution in [-0.4, -0.2) is 36.8 Å². The molecule has 2 atom stereocenters. The van der Waals surface area contributed by atoms with Crippen molar-refractivity contribution in [2.75, 3.05) is 24.5 Å². The summed E-state index contributed by atoms with van der Waals surface area (Å²) < 4.78 is 5.53. The Hall–Kier alpha value is -2.56. The topological polar surface area (TPSA) is 54.5 Å². The molecule has 1 aromatic heterocycles. The summed E-state index contributed by atoms with van der Waals surface area (Å²) in [7, 11) is 0. The quantitative estimate of drug-likeness (QED) is 0.842. The van der Waals surface area contributed by atoms with Crippen LogP contribution in [0.25, 0.3) is 0 Å². The van der Waals surface area contributed by atoms with Crippen molar-refractivity contribution in [1.29, 1.82) is 0 Å². The zero-order valence-corrected chi connectivity index (χ0v) is 15.6. The van der Waals surface area contributed by atoms with E-state index in [9.17, 15) is 4.79 Å². The summed E-state index contributed by atoms with van der Waals surface area (Å²) in [6.07, 6.45) is 5.84. The van der Waals surface area contributed by atoms with Crippen LogP contribution in [0.2, 0.25) is 0 Å². The van der Waals surface area contributed by atoms with E-state index in [1.165, 1.54) is 5.56 Å². The van der Waals surface area contributed by atoms with Crippen molar-refractivity contribution in [2.45, 2.75) is 37.7 Å². The minimum absolute atomic E-state index is 0.0361. The molecule has 0 bridgehead atoms. The van der Waals surface area contributed by atoms with Gasteiger partial charge in [-0.15, -0.1) is 0 Å². The molecule has 5 nitrogen and oxygen atoms in total. The molecule has 142 valence electrons. The molecule has 1 amide bonds. The molecular formula is C22H27N3O2. The highest BCUT2D eigenvalue weighted by atomic mass is 16.6. The number of nitrogens with zero attached hydrogens (tertiary/aromatic N) is 2. The van der Waals surface area contributed by atoms with Crippen LogP contribution in [0.5, 0.6) is 0 Å². The monoisotopic (exact) mass is 365 g/mol. The third kappa shape index (κ3) is 4.79. The van der Waals surface area contributed by atoms with E-state index >= 15 is 0 Å². The minimum Gasteiger partial charge on any atom is -0.446 e. The number of hydrogen-bond donors (Lipinski definition) is 1. The van der Waals surface area contributed by atoms with Crippen LogP contribution in [0.4, 0.5) is 10.6 Å². The molecule has 0 radical (unpaired) electrons. The summed E-state index contributed by atoms with van der Waals surface area (Å²) in [6, 6.07) is 16.3. The van der Waals surface area contributed by atoms with Crippen molar-refractivity contribution in [3.05, 3.63) is 60.3 Å². The summed E-state index contributed by atoms with van der Waals surface area (Å²) in [5.74, 6) is 2.09. The zero-order chi connectivity index (χ0) is 18.5. The number of hydrogen-bond acceptors (Lipinski definition) is 4. The highest BCUT2D eigenvalue weighted by Crippen LogP contribution is 2.43. The molecule has 1 aliphatic carbocycles. The van der Waals surface area contributed by atoms with Crippen molar-refractivity contribution in [1.82, 2.24) is 10.3 Å². The van der Waals surface area contributed by atoms with E-state index in [1.807, 2.05) is 36.5 Å². The maximum Gasteiger partial charge on any atom is 0.407 e. The number of anilines is 1. The maximum absolute atomic E-state index is 12.0. The number of carbonyl (C=O) groups is 1. The molecule has 2 aliphatic rings. The molecule has 1 saturated heterocycles. The normalized spacial score (nSPS) is 22.3. The largest absolute Gasteiger partial charge is 0.446 e. The predicted octanol–water partition coefficient (Wildman–Crippen LogP) is 3.97. The van der Waals surface area contributed by atoms with Crippen LogP contribution < -0.4 is 10.2 Å². The number of amides is 1. The Labute approximate surface area is 160 Å². The van der Waals surface area contributed by atoms with Crippen LogP contribution in [0.1, 0.15) is 37.2 Å². The lowest BCUT2D eigenvalue weighted by molar-refractivity contribution is 0.136. The van der Waals surface area contributed by atoms with Gasteiger partial charge in [-0.1, -0.05) is 36.4 Å². The van der Waals surface area contributed by atoms with Crippen LogP contribution in [0, 0.1) is 5.92 Å². The van der Waals surface area contributed by atoms with E-state index in [4.69, 9.17) is 4.74 Å². The molecule has 0 spiro atoms. The molecule has 5 heteroatoms. The zero-order valence-electron chi connectivity index (χ0n) is 15.6. The SMILES string of the molecule is O=C(NCCC1CCN(c2ccccn2)CC1)O[C@@H]1C[C@H]1c1ccccc1. The van der Waals surface area contributed by atoms with Crippen LogP contribution in [0.3, 0.4) is 0 Å². The Bertz CT molecular complexity index is 730. The van der Waals surface area contributed by atoms with Gasteiger partial charge in [0, 0.05) is 31.7 Å². The van der Waals surface area contributed by atoms with Crippen molar-refractivity contribution < 1.29 is 9.53 Å². The van der Waals surface area contributed by atoms with Crippen molar-refractivity contribution in [3.8, 4) is 0 Å². The van der Waals surface area contributed by atoms with E-state index in [1.54, 1.807) is 0 Å². The average molecular weight is 365 g/mol. The Balaban J connectivity index is 1.12. The van der Waals surface area contributed by atoms with E-state index in [0.29, 0.717) is 18.4 Å². The molecule has 2 heterocycles. The van der Waals surface area contributed by atoms with Gasteiger partial charge >= 0.3 is 6.09 Å². The van der Waals surface area contributed by atoms with Gasteiger partial charge in [0.2, 0.25) is 0 Å². The third-order valence-electron chi connectivity index (χ3n) is 5.63. The second-order valence-electron chi connectivity index (χ2n) is 7.53. The number of ether oxygens (including phenoxy) is 1. The number of benzene rings is 1. The molecule has 27 heavy (non-hydrogen) atoms. The lowest BCUT2D eigenvalue weighted by Crippen LogP contribution is -2.35. The van der Waals surface area contributed by atoms with Crippen molar-refractivity contribution in [2.24, 2.45) is 5.92 Å². The Kier molecular flexibility index (Phi) is 5.56. The number of nitrogens with one attached hydrogen (secondary N) is 1. The van der Waals surface area contributed by atoms with Crippen LogP contribution in [0.15, 0.2) is 54.7 Å². The summed E-state index contributed by atoms with van der Waals surface area (Å²) in [5.41, 5.74) is 1.26. The smallest absolute Gasteiger partial charge is 0.407 e. The molecule has 4 rings (SSSR count). The second-order valence-corrected chi connectivity index (χ2v) is 7.53. The first kappa shape index (κ1) is 17.8. The first-order valence-electron chi connectivity index (χ1n) is 9.95. The minimum atomic E-state index is -0.274. The van der Waals surface area contributed by atoms with Gasteiger partial charge in [-0.25, -0.2) is 9.78 Å². The van der Waals surface area contributed by atoms with Crippen LogP contribution >= 0.6 is 0 Å². The first-order chi connectivity index (χ1) is 13.3. The van der Waals surface area contributed by atoms with Crippen LogP contribution in [-0.2, 0) is 4.74 Å². The number of aromatic nitrogens is 1. The van der Waals surface area contributed by atoms with Gasteiger partial charge in [-0.05, 0) is 49.3 Å². The summed E-state index contributed by atoms with van der Waals surface area (Å²) in [5, 5.41) is 2.93. The number of piperidine rings is 1. The van der Waals surface area contributed by atoms with Gasteiger partial charge in [0.1, 0.15) is 11.9 Å². The number of rotatable bonds is 6. The lowest BCUT2D eigenvalue weighted by Gasteiger charge is -2.32. The fourth-order valence-corrected chi connectivity index (χ4v) is 3.90. The number of alkyl carbamates (subject to hydrolysis) is 1. The summed E-state index contributed by atoms with van der Waals surface area (Å²) in [4.78, 5) is 18.8. The number of carbonyl (C=O) groups excluding carboxylic acids is 1. The predicted molar refractivity (Wildman–Crippen MR) is 106 cm³/mol. The third-order valence-corrected chi connectivity index (χ3v) is 5.63. The summed E-state index contributed by atoms with van der Waals surface area (Å²) in [6.45, 7) is 2.76. The molecule has 0 unspecified atom stereocenters. The molecule has 1 N–H and O–H groups in total. The molecule has 2 fully saturated rings. The maximum atomic E-state index is 12.0. The molecule has 2 aromatic rings. The standard InChI is InChI=1S/C22H27N3O2/c26-22(27-20-16-19(20)18-6-2-1-3-7-18)24-13-9-17-10-14-25(15-11-17)21-8-4-5-12-23-21/h1-8,12,17,19-20H,9-11,13-16H2,(H,24,26)/t19-,20+/m0/s1. The highest BCUT2D eigenvalue weighted by molar-refractivity contribution is 5.67. The lowest BCUT2D eigenvalue weighted by atomic mass is 9.93. The van der Waals surface area contributed by atoms with Gasteiger partial charge in [0.25, 0.3) is 0 Å². The van der Waals surface area contributed by atoms with Gasteiger partial charge in [0.15, 0.2) is 0 Å². The second kappa shape index (κ2) is 8.42. The van der Waals surface area contributed by atoms with Crippen molar-refractivity contribution in [3.63, 3.8) is 0 Å². The van der Waals surface area contributed by atoms with Gasteiger partial charge in [-0.2, -0.15) is 0 Å².